The first kappa shape index (κ1) is 20.0. The summed E-state index contributed by atoms with van der Waals surface area (Å²) in [6.45, 7) is 5.57. The van der Waals surface area contributed by atoms with E-state index >= 15 is 0 Å². The predicted octanol–water partition coefficient (Wildman–Crippen LogP) is 3.43. The number of nitrogens with one attached hydrogen (secondary N) is 1. The minimum absolute atomic E-state index is 0.0332. The highest BCUT2D eigenvalue weighted by Gasteiger charge is 2.35. The Morgan fingerprint density at radius 2 is 1.87 bits per heavy atom. The molecule has 2 aliphatic heterocycles. The topological polar surface area (TPSA) is 74.8 Å². The van der Waals surface area contributed by atoms with E-state index in [4.69, 9.17) is 4.74 Å². The molecule has 7 nitrogen and oxygen atoms in total. The summed E-state index contributed by atoms with van der Waals surface area (Å²) in [4.78, 5) is 33.9. The van der Waals surface area contributed by atoms with Crippen molar-refractivity contribution in [2.24, 2.45) is 5.92 Å². The molecule has 1 atom stereocenters. The first-order valence-corrected chi connectivity index (χ1v) is 11.3. The van der Waals surface area contributed by atoms with Crippen LogP contribution in [0.4, 0.5) is 17.1 Å². The Balaban J connectivity index is 1.24. The number of hydrogen-bond acceptors (Lipinski definition) is 6. The Morgan fingerprint density at radius 1 is 1.13 bits per heavy atom. The van der Waals surface area contributed by atoms with E-state index in [1.54, 1.807) is 16.2 Å². The summed E-state index contributed by atoms with van der Waals surface area (Å²) in [6.07, 6.45) is 0.214. The molecular formula is C23H24N4O3S. The lowest BCUT2D eigenvalue weighted by molar-refractivity contribution is -0.122. The molecule has 3 aromatic rings. The van der Waals surface area contributed by atoms with Gasteiger partial charge in [0.05, 0.1) is 34.4 Å². The van der Waals surface area contributed by atoms with Crippen LogP contribution in [0.2, 0.25) is 0 Å². The molecule has 8 heteroatoms. The molecule has 0 saturated carbocycles. The number of carbonyl (C=O) groups excluding carboxylic acids is 2. The maximum Gasteiger partial charge on any atom is 0.229 e. The summed E-state index contributed by atoms with van der Waals surface area (Å²) < 4.78 is 6.49. The number of morpholine rings is 1. The smallest absolute Gasteiger partial charge is 0.229 e. The van der Waals surface area contributed by atoms with Gasteiger partial charge in [-0.3, -0.25) is 9.59 Å². The minimum atomic E-state index is -0.376. The second-order valence-electron chi connectivity index (χ2n) is 7.93. The Labute approximate surface area is 184 Å². The summed E-state index contributed by atoms with van der Waals surface area (Å²) in [5, 5.41) is 3.96. The third-order valence-corrected chi connectivity index (χ3v) is 6.75. The summed E-state index contributed by atoms with van der Waals surface area (Å²) in [7, 11) is 0. The van der Waals surface area contributed by atoms with Crippen molar-refractivity contribution < 1.29 is 14.3 Å². The number of carbonyl (C=O) groups is 2. The number of anilines is 3. The largest absolute Gasteiger partial charge is 0.378 e. The molecule has 0 aliphatic carbocycles. The number of hydrogen-bond donors (Lipinski definition) is 1. The van der Waals surface area contributed by atoms with Crippen molar-refractivity contribution >= 4 is 50.4 Å². The van der Waals surface area contributed by atoms with Crippen LogP contribution in [0.5, 0.6) is 0 Å². The van der Waals surface area contributed by atoms with Crippen molar-refractivity contribution in [3.05, 3.63) is 47.5 Å². The number of ether oxygens (including phenoxy) is 1. The molecule has 0 bridgehead atoms. The number of aromatic nitrogens is 1. The molecule has 2 saturated heterocycles. The molecule has 31 heavy (non-hydrogen) atoms. The number of rotatable bonds is 4. The Kier molecular flexibility index (Phi) is 5.33. The van der Waals surface area contributed by atoms with E-state index < -0.39 is 0 Å². The van der Waals surface area contributed by atoms with E-state index in [1.165, 1.54) is 0 Å². The molecule has 2 amide bonds. The maximum absolute atomic E-state index is 12.8. The van der Waals surface area contributed by atoms with Crippen LogP contribution in [0.15, 0.2) is 42.5 Å². The van der Waals surface area contributed by atoms with Gasteiger partial charge in [0, 0.05) is 43.1 Å². The molecule has 1 unspecified atom stereocenters. The van der Waals surface area contributed by atoms with Crippen molar-refractivity contribution in [1.82, 2.24) is 4.98 Å². The SMILES string of the molecule is Cc1nc2cc(N3CC(C(=O)Nc4ccc(N5CCOCC5)cc4)CC3=O)ccc2s1. The number of thiazole rings is 1. The highest BCUT2D eigenvalue weighted by Crippen LogP contribution is 2.31. The van der Waals surface area contributed by atoms with E-state index in [9.17, 15) is 9.59 Å². The molecule has 1 aromatic heterocycles. The molecule has 3 heterocycles. The predicted molar refractivity (Wildman–Crippen MR) is 123 cm³/mol. The number of amides is 2. The van der Waals surface area contributed by atoms with Gasteiger partial charge in [-0.25, -0.2) is 4.98 Å². The quantitative estimate of drug-likeness (QED) is 0.678. The monoisotopic (exact) mass is 436 g/mol. The summed E-state index contributed by atoms with van der Waals surface area (Å²) in [5.74, 6) is -0.533. The van der Waals surface area contributed by atoms with Gasteiger partial charge in [-0.2, -0.15) is 0 Å². The van der Waals surface area contributed by atoms with Gasteiger partial charge in [0.25, 0.3) is 0 Å². The second kappa shape index (κ2) is 8.28. The number of fused-ring (bicyclic) bond motifs is 1. The fourth-order valence-electron chi connectivity index (χ4n) is 4.15. The molecular weight excluding hydrogens is 412 g/mol. The van der Waals surface area contributed by atoms with Gasteiger partial charge < -0.3 is 19.9 Å². The molecule has 5 rings (SSSR count). The van der Waals surface area contributed by atoms with Crippen LogP contribution >= 0.6 is 11.3 Å². The third kappa shape index (κ3) is 4.13. The fourth-order valence-corrected chi connectivity index (χ4v) is 4.96. The molecule has 0 spiro atoms. The van der Waals surface area contributed by atoms with Crippen molar-refractivity contribution in [2.75, 3.05) is 48.0 Å². The first-order chi connectivity index (χ1) is 15.1. The number of aryl methyl sites for hydroxylation is 1. The molecule has 0 radical (unpaired) electrons. The lowest BCUT2D eigenvalue weighted by Crippen LogP contribution is -2.36. The molecule has 1 N–H and O–H groups in total. The second-order valence-corrected chi connectivity index (χ2v) is 9.16. The minimum Gasteiger partial charge on any atom is -0.378 e. The van der Waals surface area contributed by atoms with Gasteiger partial charge in [0.2, 0.25) is 11.8 Å². The first-order valence-electron chi connectivity index (χ1n) is 10.5. The van der Waals surface area contributed by atoms with Gasteiger partial charge in [-0.1, -0.05) is 0 Å². The van der Waals surface area contributed by atoms with Crippen LogP contribution in [0.25, 0.3) is 10.2 Å². The lowest BCUT2D eigenvalue weighted by atomic mass is 10.1. The van der Waals surface area contributed by atoms with E-state index in [0.29, 0.717) is 6.54 Å². The van der Waals surface area contributed by atoms with Crippen LogP contribution in [0, 0.1) is 12.8 Å². The van der Waals surface area contributed by atoms with Crippen LogP contribution in [-0.2, 0) is 14.3 Å². The summed E-state index contributed by atoms with van der Waals surface area (Å²) in [5.41, 5.74) is 3.55. The van der Waals surface area contributed by atoms with Crippen LogP contribution < -0.4 is 15.1 Å². The van der Waals surface area contributed by atoms with Crippen molar-refractivity contribution in [3.8, 4) is 0 Å². The van der Waals surface area contributed by atoms with Gasteiger partial charge in [-0.05, 0) is 49.4 Å². The fraction of sp³-hybridized carbons (Fsp3) is 0.348. The number of benzene rings is 2. The number of nitrogens with zero attached hydrogens (tertiary/aromatic N) is 3. The normalized spacial score (nSPS) is 19.3. The van der Waals surface area contributed by atoms with Crippen molar-refractivity contribution in [1.29, 1.82) is 0 Å². The average Bonchev–Trinajstić information content (AvgIpc) is 3.36. The summed E-state index contributed by atoms with van der Waals surface area (Å²) in [6, 6.07) is 13.7. The van der Waals surface area contributed by atoms with Crippen molar-refractivity contribution in [3.63, 3.8) is 0 Å². The molecule has 160 valence electrons. The molecule has 2 aliphatic rings. The van der Waals surface area contributed by atoms with Gasteiger partial charge >= 0.3 is 0 Å². The third-order valence-electron chi connectivity index (χ3n) is 5.80. The summed E-state index contributed by atoms with van der Waals surface area (Å²) >= 11 is 1.63. The zero-order valence-electron chi connectivity index (χ0n) is 17.3. The van der Waals surface area contributed by atoms with Gasteiger partial charge in [0.1, 0.15) is 0 Å². The van der Waals surface area contributed by atoms with Crippen molar-refractivity contribution in [2.45, 2.75) is 13.3 Å². The average molecular weight is 437 g/mol. The van der Waals surface area contributed by atoms with Crippen LogP contribution in [-0.4, -0.2) is 49.6 Å². The highest BCUT2D eigenvalue weighted by molar-refractivity contribution is 7.18. The maximum atomic E-state index is 12.8. The zero-order chi connectivity index (χ0) is 21.4. The van der Waals surface area contributed by atoms with Gasteiger partial charge in [0.15, 0.2) is 0 Å². The standard InChI is InChI=1S/C23H24N4O3S/c1-15-24-20-13-19(6-7-21(20)31-15)27-14-16(12-22(27)28)23(29)25-17-2-4-18(5-3-17)26-8-10-30-11-9-26/h2-7,13,16H,8-12,14H2,1H3,(H,25,29). The lowest BCUT2D eigenvalue weighted by Gasteiger charge is -2.28. The molecule has 2 fully saturated rings. The van der Waals surface area contributed by atoms with Crippen LogP contribution in [0.3, 0.4) is 0 Å². The Hall–Kier alpha value is -2.97. The Bertz CT molecular complexity index is 1120. The van der Waals surface area contributed by atoms with E-state index in [-0.39, 0.29) is 24.2 Å². The van der Waals surface area contributed by atoms with Crippen LogP contribution in [0.1, 0.15) is 11.4 Å². The zero-order valence-corrected chi connectivity index (χ0v) is 18.2. The van der Waals surface area contributed by atoms with E-state index in [0.717, 1.165) is 58.6 Å². The van der Waals surface area contributed by atoms with E-state index in [1.807, 2.05) is 49.4 Å². The van der Waals surface area contributed by atoms with Gasteiger partial charge in [-0.15, -0.1) is 11.3 Å². The molecule has 2 aromatic carbocycles. The highest BCUT2D eigenvalue weighted by atomic mass is 32.1. The Morgan fingerprint density at radius 3 is 2.65 bits per heavy atom. The van der Waals surface area contributed by atoms with E-state index in [2.05, 4.69) is 15.2 Å².